The first-order valence-corrected chi connectivity index (χ1v) is 12.2. The van der Waals surface area contributed by atoms with Crippen LogP contribution in [0.25, 0.3) is 0 Å². The molecule has 210 valence electrons. The van der Waals surface area contributed by atoms with Crippen LogP contribution in [0, 0.1) is 5.92 Å². The van der Waals surface area contributed by atoms with Crippen molar-refractivity contribution < 1.29 is 41.9 Å². The van der Waals surface area contributed by atoms with Crippen molar-refractivity contribution in [2.45, 2.75) is 77.5 Å². The first kappa shape index (κ1) is 30.6. The van der Waals surface area contributed by atoms with Crippen LogP contribution in [0.3, 0.4) is 0 Å². The van der Waals surface area contributed by atoms with Gasteiger partial charge in [0.2, 0.25) is 17.7 Å². The molecule has 1 unspecified atom stereocenters. The van der Waals surface area contributed by atoms with Crippen LogP contribution in [0.4, 0.5) is 18.0 Å². The van der Waals surface area contributed by atoms with E-state index in [1.807, 2.05) is 6.07 Å². The molecule has 38 heavy (non-hydrogen) atoms. The number of hydrogen-bond acceptors (Lipinski definition) is 6. The van der Waals surface area contributed by atoms with Gasteiger partial charge >= 0.3 is 12.3 Å². The number of alkyl halides is 3. The van der Waals surface area contributed by atoms with Gasteiger partial charge in [0, 0.05) is 6.54 Å². The first-order valence-electron chi connectivity index (χ1n) is 12.2. The Morgan fingerprint density at radius 2 is 1.61 bits per heavy atom. The van der Waals surface area contributed by atoms with Crippen molar-refractivity contribution in [3.05, 3.63) is 35.9 Å². The molecule has 1 fully saturated rings. The lowest BCUT2D eigenvalue weighted by Crippen LogP contribution is -2.57. The summed E-state index contributed by atoms with van der Waals surface area (Å²) in [7, 11) is 0. The summed E-state index contributed by atoms with van der Waals surface area (Å²) in [5, 5.41) is 6.96. The number of hydrogen-bond donors (Lipinski definition) is 3. The number of nitrogens with one attached hydrogen (secondary N) is 3. The third kappa shape index (κ3) is 8.45. The van der Waals surface area contributed by atoms with Crippen LogP contribution >= 0.6 is 0 Å². The first-order chi connectivity index (χ1) is 17.7. The van der Waals surface area contributed by atoms with E-state index in [0.29, 0.717) is 6.42 Å². The molecule has 1 heterocycles. The number of Topliss-reactive ketones (excluding diaryl/α,β-unsaturated/α-hetero) is 1. The Balaban J connectivity index is 1.92. The molecule has 4 amide bonds. The lowest BCUT2D eigenvalue weighted by atomic mass is 9.98. The van der Waals surface area contributed by atoms with Gasteiger partial charge in [-0.15, -0.1) is 0 Å². The zero-order chi connectivity index (χ0) is 28.6. The molecule has 10 nitrogen and oxygen atoms in total. The molecule has 0 radical (unpaired) electrons. The van der Waals surface area contributed by atoms with Crippen molar-refractivity contribution in [1.29, 1.82) is 0 Å². The fourth-order valence-electron chi connectivity index (χ4n) is 3.92. The van der Waals surface area contributed by atoms with Gasteiger partial charge in [-0.3, -0.25) is 19.2 Å². The fourth-order valence-corrected chi connectivity index (χ4v) is 3.92. The molecule has 0 spiro atoms. The van der Waals surface area contributed by atoms with E-state index < -0.39 is 65.9 Å². The molecule has 2 rings (SSSR count). The molecule has 1 aliphatic rings. The summed E-state index contributed by atoms with van der Waals surface area (Å²) in [5.41, 5.74) is 0.755. The normalized spacial score (nSPS) is 17.8. The van der Waals surface area contributed by atoms with Gasteiger partial charge in [-0.2, -0.15) is 13.2 Å². The van der Waals surface area contributed by atoms with Gasteiger partial charge in [0.05, 0.1) is 6.04 Å². The minimum atomic E-state index is -5.12. The highest BCUT2D eigenvalue weighted by Crippen LogP contribution is 2.23. The van der Waals surface area contributed by atoms with Gasteiger partial charge in [0.15, 0.2) is 0 Å². The van der Waals surface area contributed by atoms with E-state index in [0.717, 1.165) is 5.56 Å². The number of alkyl carbamates (subject to hydrolysis) is 1. The van der Waals surface area contributed by atoms with Crippen LogP contribution < -0.4 is 16.0 Å². The number of ketones is 1. The average molecular weight is 543 g/mol. The van der Waals surface area contributed by atoms with Crippen LogP contribution in [0.2, 0.25) is 0 Å². The highest BCUT2D eigenvalue weighted by atomic mass is 19.4. The number of ether oxygens (including phenoxy) is 1. The SMILES string of the molecule is CC(C)C(NC(=O)[C@@H]1CCCN1C(=O)[C@H](C)NC(=O)[C@H](C)NC(=O)OCc1ccccc1)C(=O)C(F)(F)F. The number of nitrogens with zero attached hydrogens (tertiary/aromatic N) is 1. The minimum Gasteiger partial charge on any atom is -0.445 e. The summed E-state index contributed by atoms with van der Waals surface area (Å²) in [4.78, 5) is 63.2. The summed E-state index contributed by atoms with van der Waals surface area (Å²) in [5.74, 6) is -5.08. The quantitative estimate of drug-likeness (QED) is 0.415. The number of carbonyl (C=O) groups excluding carboxylic acids is 5. The number of rotatable bonds is 10. The van der Waals surface area contributed by atoms with E-state index in [-0.39, 0.29) is 19.6 Å². The number of carbonyl (C=O) groups is 5. The maximum Gasteiger partial charge on any atom is 0.452 e. The lowest BCUT2D eigenvalue weighted by Gasteiger charge is -2.30. The topological polar surface area (TPSA) is 134 Å². The average Bonchev–Trinajstić information content (AvgIpc) is 3.35. The Bertz CT molecular complexity index is 1020. The minimum absolute atomic E-state index is 0.000543. The van der Waals surface area contributed by atoms with Crippen molar-refractivity contribution >= 4 is 29.6 Å². The van der Waals surface area contributed by atoms with E-state index in [4.69, 9.17) is 4.74 Å². The predicted molar refractivity (Wildman–Crippen MR) is 129 cm³/mol. The largest absolute Gasteiger partial charge is 0.452 e. The van der Waals surface area contributed by atoms with Gasteiger partial charge < -0.3 is 25.6 Å². The zero-order valence-corrected chi connectivity index (χ0v) is 21.6. The van der Waals surface area contributed by atoms with Crippen molar-refractivity contribution in [3.8, 4) is 0 Å². The summed E-state index contributed by atoms with van der Waals surface area (Å²) >= 11 is 0. The van der Waals surface area contributed by atoms with E-state index in [1.165, 1.54) is 32.6 Å². The summed E-state index contributed by atoms with van der Waals surface area (Å²) in [6.07, 6.45) is -5.35. The molecule has 0 saturated carbocycles. The van der Waals surface area contributed by atoms with Gasteiger partial charge in [-0.1, -0.05) is 44.2 Å². The molecule has 13 heteroatoms. The molecule has 0 aliphatic carbocycles. The second kappa shape index (κ2) is 13.2. The lowest BCUT2D eigenvalue weighted by molar-refractivity contribution is -0.175. The molecule has 1 aromatic rings. The fraction of sp³-hybridized carbons (Fsp3) is 0.560. The van der Waals surface area contributed by atoms with Gasteiger partial charge in [0.25, 0.3) is 5.78 Å². The van der Waals surface area contributed by atoms with E-state index >= 15 is 0 Å². The van der Waals surface area contributed by atoms with E-state index in [2.05, 4.69) is 16.0 Å². The van der Waals surface area contributed by atoms with Crippen molar-refractivity contribution in [2.24, 2.45) is 5.92 Å². The molecular formula is C25H33F3N4O6. The Kier molecular flexibility index (Phi) is 10.7. The molecule has 3 N–H and O–H groups in total. The number of likely N-dealkylation sites (tertiary alicyclic amines) is 1. The smallest absolute Gasteiger partial charge is 0.445 e. The van der Waals surface area contributed by atoms with Gasteiger partial charge in [0.1, 0.15) is 24.7 Å². The van der Waals surface area contributed by atoms with Crippen LogP contribution in [-0.4, -0.2) is 71.4 Å². The van der Waals surface area contributed by atoms with Crippen LogP contribution in [0.1, 0.15) is 46.1 Å². The van der Waals surface area contributed by atoms with Gasteiger partial charge in [-0.05, 0) is 38.2 Å². The molecule has 1 aliphatic heterocycles. The monoisotopic (exact) mass is 542 g/mol. The third-order valence-electron chi connectivity index (χ3n) is 6.03. The summed E-state index contributed by atoms with van der Waals surface area (Å²) < 4.78 is 43.9. The Labute approximate surface area is 218 Å². The highest BCUT2D eigenvalue weighted by Gasteiger charge is 2.46. The molecule has 0 bridgehead atoms. The van der Waals surface area contributed by atoms with E-state index in [9.17, 15) is 37.1 Å². The molecular weight excluding hydrogens is 509 g/mol. The van der Waals surface area contributed by atoms with Crippen molar-refractivity contribution in [3.63, 3.8) is 0 Å². The van der Waals surface area contributed by atoms with E-state index in [1.54, 1.807) is 24.3 Å². The number of benzene rings is 1. The maximum atomic E-state index is 13.0. The number of amides is 4. The maximum absolute atomic E-state index is 13.0. The molecule has 1 saturated heterocycles. The van der Waals surface area contributed by atoms with Crippen LogP contribution in [0.5, 0.6) is 0 Å². The predicted octanol–water partition coefficient (Wildman–Crippen LogP) is 2.07. The molecule has 1 aromatic carbocycles. The second-order valence-electron chi connectivity index (χ2n) is 9.44. The van der Waals surface area contributed by atoms with Crippen molar-refractivity contribution in [1.82, 2.24) is 20.9 Å². The molecule has 4 atom stereocenters. The van der Waals surface area contributed by atoms with Gasteiger partial charge in [-0.25, -0.2) is 4.79 Å². The second-order valence-corrected chi connectivity index (χ2v) is 9.44. The van der Waals surface area contributed by atoms with Crippen molar-refractivity contribution in [2.75, 3.05) is 6.54 Å². The zero-order valence-electron chi connectivity index (χ0n) is 21.6. The molecule has 0 aromatic heterocycles. The summed E-state index contributed by atoms with van der Waals surface area (Å²) in [6.45, 7) is 5.67. The Morgan fingerprint density at radius 3 is 2.18 bits per heavy atom. The van der Waals surface area contributed by atoms with Crippen LogP contribution in [0.15, 0.2) is 30.3 Å². The third-order valence-corrected chi connectivity index (χ3v) is 6.03. The number of halogens is 3. The van der Waals surface area contributed by atoms with Crippen LogP contribution in [-0.2, 0) is 30.5 Å². The Hall–Kier alpha value is -3.64. The standard InChI is InChI=1S/C25H33F3N4O6/c1-14(2)19(20(33)25(26,27)28)31-22(35)18-11-8-12-32(18)23(36)16(4)29-21(34)15(3)30-24(37)38-13-17-9-6-5-7-10-17/h5-7,9-10,14-16,18-19H,8,11-13H2,1-4H3,(H,29,34)(H,30,37)(H,31,35)/t15-,16-,18-,19?/m0/s1. The highest BCUT2D eigenvalue weighted by molar-refractivity contribution is 5.97. The Morgan fingerprint density at radius 1 is 0.974 bits per heavy atom. The summed E-state index contributed by atoms with van der Waals surface area (Å²) in [6, 6.07) is 3.88.